The summed E-state index contributed by atoms with van der Waals surface area (Å²) >= 11 is 1.21. The summed E-state index contributed by atoms with van der Waals surface area (Å²) in [7, 11) is -1.80. The van der Waals surface area contributed by atoms with E-state index in [1.165, 1.54) is 17.6 Å². The van der Waals surface area contributed by atoms with Crippen LogP contribution in [0, 0.1) is 0 Å². The average molecular weight is 433 g/mol. The monoisotopic (exact) mass is 433 g/mol. The van der Waals surface area contributed by atoms with Gasteiger partial charge >= 0.3 is 11.9 Å². The molecule has 3 aromatic rings. The zero-order chi connectivity index (χ0) is 21.0. The molecular weight excluding hydrogens is 418 g/mol. The van der Waals surface area contributed by atoms with Crippen LogP contribution in [-0.4, -0.2) is 44.2 Å². The van der Waals surface area contributed by atoms with E-state index in [0.29, 0.717) is 11.4 Å². The van der Waals surface area contributed by atoms with Crippen molar-refractivity contribution in [1.82, 2.24) is 9.59 Å². The van der Waals surface area contributed by atoms with Crippen molar-refractivity contribution in [2.24, 2.45) is 0 Å². The molecule has 0 aliphatic heterocycles. The fraction of sp³-hybridized carbons (Fsp3) is 0.111. The number of ether oxygens (including phenoxy) is 2. The number of benzene rings is 2. The third kappa shape index (κ3) is 4.58. The van der Waals surface area contributed by atoms with Gasteiger partial charge in [-0.3, -0.25) is 4.72 Å². The first kappa shape index (κ1) is 20.4. The zero-order valence-electron chi connectivity index (χ0n) is 15.3. The van der Waals surface area contributed by atoms with Gasteiger partial charge in [0.2, 0.25) is 0 Å². The first-order chi connectivity index (χ1) is 13.8. The third-order valence-electron chi connectivity index (χ3n) is 3.85. The van der Waals surface area contributed by atoms with Gasteiger partial charge in [0, 0.05) is 16.6 Å². The van der Waals surface area contributed by atoms with E-state index in [4.69, 9.17) is 0 Å². The van der Waals surface area contributed by atoms with Gasteiger partial charge < -0.3 is 9.47 Å². The summed E-state index contributed by atoms with van der Waals surface area (Å²) in [5, 5.41) is 5.72. The maximum atomic E-state index is 12.8. The Morgan fingerprint density at radius 3 is 2.03 bits per heavy atom. The molecule has 0 fully saturated rings. The predicted molar refractivity (Wildman–Crippen MR) is 105 cm³/mol. The van der Waals surface area contributed by atoms with Crippen molar-refractivity contribution in [3.8, 4) is 11.3 Å². The summed E-state index contributed by atoms with van der Waals surface area (Å²) in [5.74, 6) is -1.57. The Bertz CT molecular complexity index is 1110. The lowest BCUT2D eigenvalue weighted by Crippen LogP contribution is -2.16. The van der Waals surface area contributed by atoms with E-state index in [9.17, 15) is 18.0 Å². The molecule has 29 heavy (non-hydrogen) atoms. The number of nitrogens with one attached hydrogen (secondary N) is 1. The van der Waals surface area contributed by atoms with Gasteiger partial charge in [0.25, 0.3) is 10.0 Å². The van der Waals surface area contributed by atoms with Crippen molar-refractivity contribution in [2.45, 2.75) is 4.90 Å². The van der Waals surface area contributed by atoms with Crippen molar-refractivity contribution >= 4 is 39.2 Å². The molecule has 0 unspecified atom stereocenters. The Labute approximate surface area is 170 Å². The van der Waals surface area contributed by atoms with Crippen molar-refractivity contribution in [3.63, 3.8) is 0 Å². The lowest BCUT2D eigenvalue weighted by Gasteiger charge is -2.11. The van der Waals surface area contributed by atoms with Crippen LogP contribution in [0.1, 0.15) is 20.7 Å². The maximum absolute atomic E-state index is 12.8. The highest BCUT2D eigenvalue weighted by Gasteiger charge is 2.21. The first-order valence-electron chi connectivity index (χ1n) is 8.06. The lowest BCUT2D eigenvalue weighted by atomic mass is 10.1. The number of hydrogen-bond acceptors (Lipinski definition) is 9. The molecule has 1 aromatic heterocycles. The Balaban J connectivity index is 1.94. The lowest BCUT2D eigenvalue weighted by molar-refractivity contribution is 0.0598. The van der Waals surface area contributed by atoms with Crippen LogP contribution in [0.2, 0.25) is 0 Å². The van der Waals surface area contributed by atoms with E-state index in [1.807, 2.05) is 0 Å². The number of carbonyl (C=O) groups is 2. The molecule has 0 saturated heterocycles. The molecule has 0 aliphatic carbocycles. The minimum Gasteiger partial charge on any atom is -0.465 e. The molecule has 0 radical (unpaired) electrons. The Morgan fingerprint density at radius 1 is 0.966 bits per heavy atom. The van der Waals surface area contributed by atoms with Gasteiger partial charge in [-0.2, -0.15) is 0 Å². The van der Waals surface area contributed by atoms with Crippen LogP contribution in [0.15, 0.2) is 52.7 Å². The Kier molecular flexibility index (Phi) is 5.89. The molecule has 1 heterocycles. The van der Waals surface area contributed by atoms with Crippen LogP contribution < -0.4 is 4.72 Å². The number of esters is 2. The molecule has 0 aliphatic rings. The second kappa shape index (κ2) is 8.37. The Hall–Kier alpha value is -3.31. The molecule has 9 nitrogen and oxygen atoms in total. The Morgan fingerprint density at radius 2 is 1.55 bits per heavy atom. The molecule has 0 spiro atoms. The molecule has 150 valence electrons. The number of anilines is 1. The number of rotatable bonds is 6. The zero-order valence-corrected chi connectivity index (χ0v) is 16.9. The van der Waals surface area contributed by atoms with Gasteiger partial charge in [-0.1, -0.05) is 16.6 Å². The molecule has 0 bridgehead atoms. The van der Waals surface area contributed by atoms with Crippen LogP contribution in [0.5, 0.6) is 0 Å². The van der Waals surface area contributed by atoms with Crippen LogP contribution in [-0.2, 0) is 19.5 Å². The van der Waals surface area contributed by atoms with Gasteiger partial charge in [-0.25, -0.2) is 18.0 Å². The summed E-state index contributed by atoms with van der Waals surface area (Å²) in [6.07, 6.45) is 0. The number of hydrogen-bond donors (Lipinski definition) is 1. The smallest absolute Gasteiger partial charge is 0.337 e. The first-order valence-corrected chi connectivity index (χ1v) is 10.4. The normalized spacial score (nSPS) is 11.0. The molecule has 11 heteroatoms. The second-order valence-electron chi connectivity index (χ2n) is 5.70. The summed E-state index contributed by atoms with van der Waals surface area (Å²) in [6, 6.07) is 9.97. The van der Waals surface area contributed by atoms with Crippen LogP contribution in [0.3, 0.4) is 0 Å². The van der Waals surface area contributed by atoms with Crippen molar-refractivity contribution in [2.75, 3.05) is 18.9 Å². The average Bonchev–Trinajstić information content (AvgIpc) is 3.27. The van der Waals surface area contributed by atoms with Crippen LogP contribution in [0.25, 0.3) is 11.3 Å². The summed E-state index contributed by atoms with van der Waals surface area (Å²) in [5.41, 5.74) is 1.56. The molecule has 0 saturated carbocycles. The molecule has 1 N–H and O–H groups in total. The molecule has 0 atom stereocenters. The highest BCUT2D eigenvalue weighted by atomic mass is 32.2. The van der Waals surface area contributed by atoms with Crippen LogP contribution >= 0.6 is 11.5 Å². The quantitative estimate of drug-likeness (QED) is 0.588. The number of methoxy groups -OCH3 is 2. The SMILES string of the molecule is COC(=O)c1cc(C(=O)OC)cc(S(=O)(=O)Nc2ccc(-c3csnn3)cc2)c1. The van der Waals surface area contributed by atoms with Crippen molar-refractivity contribution in [3.05, 3.63) is 59.0 Å². The molecular formula is C18H15N3O6S2. The van der Waals surface area contributed by atoms with E-state index >= 15 is 0 Å². The minimum absolute atomic E-state index is 0.0952. The van der Waals surface area contributed by atoms with E-state index in [0.717, 1.165) is 31.9 Å². The second-order valence-corrected chi connectivity index (χ2v) is 7.99. The van der Waals surface area contributed by atoms with E-state index < -0.39 is 22.0 Å². The molecule has 3 rings (SSSR count). The summed E-state index contributed by atoms with van der Waals surface area (Å²) in [6.45, 7) is 0. The number of carbonyl (C=O) groups excluding carboxylic acids is 2. The van der Waals surface area contributed by atoms with Crippen LogP contribution in [0.4, 0.5) is 5.69 Å². The number of nitrogens with zero attached hydrogens (tertiary/aromatic N) is 2. The summed E-state index contributed by atoms with van der Waals surface area (Å²) < 4.78 is 41.0. The van der Waals surface area contributed by atoms with Gasteiger partial charge in [0.1, 0.15) is 5.69 Å². The van der Waals surface area contributed by atoms with E-state index in [2.05, 4.69) is 23.8 Å². The highest BCUT2D eigenvalue weighted by molar-refractivity contribution is 7.92. The fourth-order valence-corrected chi connectivity index (χ4v) is 4.03. The molecule has 2 aromatic carbocycles. The van der Waals surface area contributed by atoms with E-state index in [1.54, 1.807) is 29.6 Å². The van der Waals surface area contributed by atoms with Gasteiger partial charge in [0.15, 0.2) is 0 Å². The summed E-state index contributed by atoms with van der Waals surface area (Å²) in [4.78, 5) is 23.4. The van der Waals surface area contributed by atoms with Gasteiger partial charge in [-0.05, 0) is 41.9 Å². The largest absolute Gasteiger partial charge is 0.465 e. The van der Waals surface area contributed by atoms with Crippen molar-refractivity contribution < 1.29 is 27.5 Å². The van der Waals surface area contributed by atoms with Gasteiger partial charge in [0.05, 0.1) is 30.2 Å². The van der Waals surface area contributed by atoms with Crippen molar-refractivity contribution in [1.29, 1.82) is 0 Å². The number of sulfonamides is 1. The minimum atomic E-state index is -4.10. The number of aromatic nitrogens is 2. The van der Waals surface area contributed by atoms with Gasteiger partial charge in [-0.15, -0.1) is 5.10 Å². The highest BCUT2D eigenvalue weighted by Crippen LogP contribution is 2.23. The standard InChI is InChI=1S/C18H15N3O6S2/c1-26-17(22)12-7-13(18(23)27-2)9-15(8-12)29(24,25)20-14-5-3-11(4-6-14)16-10-28-21-19-16/h3-10,20H,1-2H3. The molecule has 0 amide bonds. The predicted octanol–water partition coefficient (Wildman–Crippen LogP) is 2.58. The topological polar surface area (TPSA) is 125 Å². The van der Waals surface area contributed by atoms with E-state index in [-0.39, 0.29) is 16.0 Å². The third-order valence-corrected chi connectivity index (χ3v) is 5.72. The fourth-order valence-electron chi connectivity index (χ4n) is 2.44. The maximum Gasteiger partial charge on any atom is 0.337 e.